The third kappa shape index (κ3) is 5.58. The largest absolute Gasteiger partial charge is 0.354 e. The number of amides is 2. The SMILES string of the molecule is CNC(=O)c1c(C2=CC=C(F)CC2)nc2ccc(C3C=C(C(=O)NCC(C)C)C(C4C=CC=CC4)=CC3)cn12. The van der Waals surface area contributed by atoms with E-state index in [1.54, 1.807) is 13.1 Å². The van der Waals surface area contributed by atoms with Crippen LogP contribution in [0.3, 0.4) is 0 Å². The lowest BCUT2D eigenvalue weighted by Gasteiger charge is -2.26. The lowest BCUT2D eigenvalue weighted by Crippen LogP contribution is -2.31. The first kappa shape index (κ1) is 26.6. The zero-order chi connectivity index (χ0) is 27.5. The normalized spacial score (nSPS) is 20.8. The van der Waals surface area contributed by atoms with Crippen LogP contribution in [0.4, 0.5) is 4.39 Å². The molecule has 0 bridgehead atoms. The Labute approximate surface area is 228 Å². The third-order valence-electron chi connectivity index (χ3n) is 7.48. The van der Waals surface area contributed by atoms with Crippen LogP contribution in [0, 0.1) is 11.8 Å². The topological polar surface area (TPSA) is 75.5 Å². The molecule has 3 aliphatic carbocycles. The Morgan fingerprint density at radius 2 is 1.95 bits per heavy atom. The first-order chi connectivity index (χ1) is 18.9. The van der Waals surface area contributed by atoms with E-state index in [2.05, 4.69) is 48.8 Å². The summed E-state index contributed by atoms with van der Waals surface area (Å²) in [5, 5.41) is 5.83. The fraction of sp³-hybridized carbons (Fsp3) is 0.344. The van der Waals surface area contributed by atoms with Gasteiger partial charge in [0.1, 0.15) is 17.2 Å². The Morgan fingerprint density at radius 1 is 1.10 bits per heavy atom. The van der Waals surface area contributed by atoms with Gasteiger partial charge in [-0.05, 0) is 54.0 Å². The number of hydrogen-bond acceptors (Lipinski definition) is 3. The molecule has 5 rings (SSSR count). The molecule has 0 fully saturated rings. The minimum Gasteiger partial charge on any atom is -0.354 e. The zero-order valence-corrected chi connectivity index (χ0v) is 22.7. The van der Waals surface area contributed by atoms with Crippen molar-refractivity contribution >= 4 is 23.0 Å². The minimum atomic E-state index is -0.252. The van der Waals surface area contributed by atoms with Gasteiger partial charge in [0.05, 0.1) is 5.69 Å². The number of nitrogens with one attached hydrogen (secondary N) is 2. The van der Waals surface area contributed by atoms with E-state index < -0.39 is 0 Å². The molecular weight excluding hydrogens is 491 g/mol. The molecule has 0 spiro atoms. The fourth-order valence-corrected chi connectivity index (χ4v) is 5.37. The van der Waals surface area contributed by atoms with Crippen LogP contribution in [0.1, 0.15) is 67.2 Å². The Bertz CT molecular complexity index is 1480. The summed E-state index contributed by atoms with van der Waals surface area (Å²) in [5.74, 6) is 0.0208. The summed E-state index contributed by atoms with van der Waals surface area (Å²) < 4.78 is 15.5. The van der Waals surface area contributed by atoms with Crippen LogP contribution in [0.5, 0.6) is 0 Å². The maximum Gasteiger partial charge on any atom is 0.270 e. The number of allylic oxidation sites excluding steroid dienone is 10. The number of carbonyl (C=O) groups excluding carboxylic acids is 2. The molecule has 2 atom stereocenters. The van der Waals surface area contributed by atoms with Crippen LogP contribution >= 0.6 is 0 Å². The summed E-state index contributed by atoms with van der Waals surface area (Å²) in [6.07, 6.45) is 20.2. The standard InChI is InChI=1S/C32H35FN4O2/c1-20(2)18-35-31(38)27-17-23(11-15-26(27)21-7-5-4-6-8-21)24-12-16-28-36-29(22-9-13-25(33)14-10-22)30(32(39)34-3)37(28)19-24/h4-7,9,12-13,15-17,19-21,23H,8,10-11,14,18H2,1-3H3,(H,34,39)(H,35,38). The van der Waals surface area contributed by atoms with Gasteiger partial charge in [0.25, 0.3) is 11.8 Å². The number of imidazole rings is 1. The maximum atomic E-state index is 13.6. The Kier molecular flexibility index (Phi) is 7.77. The molecule has 7 heteroatoms. The molecule has 2 heterocycles. The molecule has 2 aromatic heterocycles. The number of hydrogen-bond donors (Lipinski definition) is 2. The highest BCUT2D eigenvalue weighted by molar-refractivity contribution is 5.99. The van der Waals surface area contributed by atoms with Crippen LogP contribution in [-0.2, 0) is 4.79 Å². The van der Waals surface area contributed by atoms with Crippen molar-refractivity contribution in [2.75, 3.05) is 13.6 Å². The van der Waals surface area contributed by atoms with Gasteiger partial charge in [-0.3, -0.25) is 14.0 Å². The van der Waals surface area contributed by atoms with Crippen molar-refractivity contribution in [2.24, 2.45) is 11.8 Å². The number of aromatic nitrogens is 2. The van der Waals surface area contributed by atoms with Crippen molar-refractivity contribution in [1.29, 1.82) is 0 Å². The number of nitrogens with zero attached hydrogens (tertiary/aromatic N) is 2. The van der Waals surface area contributed by atoms with E-state index in [9.17, 15) is 14.0 Å². The van der Waals surface area contributed by atoms with E-state index in [1.807, 2.05) is 34.9 Å². The predicted octanol–water partition coefficient (Wildman–Crippen LogP) is 5.97. The van der Waals surface area contributed by atoms with Crippen LogP contribution in [0.25, 0.3) is 11.2 Å². The van der Waals surface area contributed by atoms with Gasteiger partial charge in [0, 0.05) is 43.6 Å². The van der Waals surface area contributed by atoms with E-state index in [0.29, 0.717) is 42.3 Å². The van der Waals surface area contributed by atoms with Gasteiger partial charge in [-0.15, -0.1) is 0 Å². The summed E-state index contributed by atoms with van der Waals surface area (Å²) in [4.78, 5) is 31.1. The molecule has 0 saturated carbocycles. The number of carbonyl (C=O) groups is 2. The fourth-order valence-electron chi connectivity index (χ4n) is 5.37. The summed E-state index contributed by atoms with van der Waals surface area (Å²) in [6, 6.07) is 3.92. The summed E-state index contributed by atoms with van der Waals surface area (Å²) in [5.41, 5.74) is 5.26. The molecule has 3 aliphatic rings. The van der Waals surface area contributed by atoms with Crippen LogP contribution in [0.2, 0.25) is 0 Å². The second-order valence-corrected chi connectivity index (χ2v) is 10.7. The smallest absolute Gasteiger partial charge is 0.270 e. The van der Waals surface area contributed by atoms with E-state index in [0.717, 1.165) is 35.1 Å². The number of fused-ring (bicyclic) bond motifs is 1. The Morgan fingerprint density at radius 3 is 2.64 bits per heavy atom. The average Bonchev–Trinajstić information content (AvgIpc) is 3.34. The summed E-state index contributed by atoms with van der Waals surface area (Å²) in [7, 11) is 1.59. The number of rotatable bonds is 7. The van der Waals surface area contributed by atoms with Crippen molar-refractivity contribution in [3.8, 4) is 0 Å². The quantitative estimate of drug-likeness (QED) is 0.467. The zero-order valence-electron chi connectivity index (χ0n) is 22.7. The molecule has 6 nitrogen and oxygen atoms in total. The molecule has 2 N–H and O–H groups in total. The van der Waals surface area contributed by atoms with Gasteiger partial charge < -0.3 is 10.6 Å². The van der Waals surface area contributed by atoms with Crippen molar-refractivity contribution in [3.63, 3.8) is 0 Å². The molecule has 2 aromatic rings. The molecule has 202 valence electrons. The van der Waals surface area contributed by atoms with Gasteiger partial charge in [0.15, 0.2) is 0 Å². The van der Waals surface area contributed by atoms with Gasteiger partial charge in [-0.25, -0.2) is 9.37 Å². The highest BCUT2D eigenvalue weighted by Gasteiger charge is 2.28. The van der Waals surface area contributed by atoms with E-state index in [1.165, 1.54) is 6.08 Å². The lowest BCUT2D eigenvalue weighted by atomic mass is 9.79. The Balaban J connectivity index is 1.53. The van der Waals surface area contributed by atoms with Gasteiger partial charge in [-0.1, -0.05) is 62.4 Å². The molecule has 0 aliphatic heterocycles. The van der Waals surface area contributed by atoms with Crippen molar-refractivity contribution in [1.82, 2.24) is 20.0 Å². The first-order valence-corrected chi connectivity index (χ1v) is 13.7. The molecule has 0 aromatic carbocycles. The van der Waals surface area contributed by atoms with Gasteiger partial charge in [-0.2, -0.15) is 0 Å². The average molecular weight is 527 g/mol. The maximum absolute atomic E-state index is 13.6. The number of halogens is 1. The molecule has 0 radical (unpaired) electrons. The third-order valence-corrected chi connectivity index (χ3v) is 7.48. The van der Waals surface area contributed by atoms with E-state index in [4.69, 9.17) is 4.98 Å². The van der Waals surface area contributed by atoms with Crippen LogP contribution < -0.4 is 10.6 Å². The van der Waals surface area contributed by atoms with Crippen molar-refractivity contribution < 1.29 is 14.0 Å². The van der Waals surface area contributed by atoms with Crippen LogP contribution in [0.15, 0.2) is 83.9 Å². The molecule has 2 unspecified atom stereocenters. The van der Waals surface area contributed by atoms with Crippen molar-refractivity contribution in [3.05, 3.63) is 101 Å². The molecule has 0 saturated heterocycles. The lowest BCUT2D eigenvalue weighted by molar-refractivity contribution is -0.117. The van der Waals surface area contributed by atoms with Gasteiger partial charge in [0.2, 0.25) is 0 Å². The monoisotopic (exact) mass is 526 g/mol. The minimum absolute atomic E-state index is 0.0321. The number of pyridine rings is 1. The highest BCUT2D eigenvalue weighted by Crippen LogP contribution is 2.37. The van der Waals surface area contributed by atoms with Gasteiger partial charge >= 0.3 is 0 Å². The van der Waals surface area contributed by atoms with Crippen LogP contribution in [-0.4, -0.2) is 34.8 Å². The molecular formula is C32H35FN4O2. The summed E-state index contributed by atoms with van der Waals surface area (Å²) in [6.45, 7) is 4.78. The molecule has 2 amide bonds. The van der Waals surface area contributed by atoms with Crippen molar-refractivity contribution in [2.45, 2.75) is 45.4 Å². The molecule has 39 heavy (non-hydrogen) atoms. The second kappa shape index (κ2) is 11.4. The Hall–Kier alpha value is -4.00. The van der Waals surface area contributed by atoms with E-state index >= 15 is 0 Å². The van der Waals surface area contributed by atoms with E-state index in [-0.39, 0.29) is 29.5 Å². The first-order valence-electron chi connectivity index (χ1n) is 13.7. The summed E-state index contributed by atoms with van der Waals surface area (Å²) >= 11 is 0. The predicted molar refractivity (Wildman–Crippen MR) is 153 cm³/mol. The second-order valence-electron chi connectivity index (χ2n) is 10.7. The highest BCUT2D eigenvalue weighted by atomic mass is 19.1.